The van der Waals surface area contributed by atoms with Gasteiger partial charge in [-0.15, -0.1) is 0 Å². The summed E-state index contributed by atoms with van der Waals surface area (Å²) in [6.07, 6.45) is 1.27. The predicted molar refractivity (Wildman–Crippen MR) is 115 cm³/mol. The summed E-state index contributed by atoms with van der Waals surface area (Å²) in [5.74, 6) is -1.41. The van der Waals surface area contributed by atoms with E-state index < -0.39 is 11.7 Å². The molecule has 0 aliphatic carbocycles. The lowest BCUT2D eigenvalue weighted by Crippen LogP contribution is -2.28. The molecule has 2 aromatic rings. The van der Waals surface area contributed by atoms with Gasteiger partial charge < -0.3 is 19.9 Å². The van der Waals surface area contributed by atoms with E-state index in [2.05, 4.69) is 5.32 Å². The van der Waals surface area contributed by atoms with Gasteiger partial charge in [-0.2, -0.15) is 0 Å². The molecule has 2 aromatic carbocycles. The number of hydrogen-bond acceptors (Lipinski definition) is 4. The van der Waals surface area contributed by atoms with Crippen LogP contribution in [0.1, 0.15) is 25.3 Å². The van der Waals surface area contributed by atoms with E-state index in [0.29, 0.717) is 18.7 Å². The van der Waals surface area contributed by atoms with E-state index in [1.54, 1.807) is 15.9 Å². The maximum atomic E-state index is 13.9. The van der Waals surface area contributed by atoms with Crippen molar-refractivity contribution in [3.8, 4) is 5.75 Å². The first-order valence-electron chi connectivity index (χ1n) is 10.3. The number of nitrogens with one attached hydrogen (secondary N) is 1. The molecule has 8 heteroatoms. The number of benzene rings is 2. The topological polar surface area (TPSA) is 79.0 Å². The number of carbonyl (C=O) groups excluding carboxylic acids is 3. The van der Waals surface area contributed by atoms with Crippen molar-refractivity contribution in [2.75, 3.05) is 35.3 Å². The third-order valence-electron chi connectivity index (χ3n) is 5.79. The Morgan fingerprint density at radius 1 is 1.23 bits per heavy atom. The van der Waals surface area contributed by atoms with Crippen molar-refractivity contribution in [2.45, 2.75) is 26.2 Å². The van der Waals surface area contributed by atoms with Crippen molar-refractivity contribution in [1.82, 2.24) is 0 Å². The SMILES string of the molecule is CCC(=O)N1CCc2cc(N3CC(C(=O)Nc4ccc(OC)c(F)c4)CC3=O)ccc21. The minimum absolute atomic E-state index is 0.0791. The smallest absolute Gasteiger partial charge is 0.229 e. The van der Waals surface area contributed by atoms with Crippen LogP contribution in [0.3, 0.4) is 0 Å². The van der Waals surface area contributed by atoms with Gasteiger partial charge in [-0.25, -0.2) is 4.39 Å². The summed E-state index contributed by atoms with van der Waals surface area (Å²) in [4.78, 5) is 40.7. The second-order valence-corrected chi connectivity index (χ2v) is 7.71. The first-order valence-corrected chi connectivity index (χ1v) is 10.3. The van der Waals surface area contributed by atoms with E-state index in [0.717, 1.165) is 23.4 Å². The van der Waals surface area contributed by atoms with E-state index in [1.165, 1.54) is 19.2 Å². The molecule has 0 spiro atoms. The molecule has 0 saturated carbocycles. The Kier molecular flexibility index (Phi) is 5.63. The van der Waals surface area contributed by atoms with Crippen LogP contribution in [0.25, 0.3) is 0 Å². The zero-order valence-corrected chi connectivity index (χ0v) is 17.5. The highest BCUT2D eigenvalue weighted by molar-refractivity contribution is 6.04. The third-order valence-corrected chi connectivity index (χ3v) is 5.79. The van der Waals surface area contributed by atoms with Gasteiger partial charge in [0.05, 0.1) is 13.0 Å². The lowest BCUT2D eigenvalue weighted by Gasteiger charge is -2.20. The molecule has 0 bridgehead atoms. The quantitative estimate of drug-likeness (QED) is 0.798. The number of methoxy groups -OCH3 is 1. The molecule has 1 atom stereocenters. The largest absolute Gasteiger partial charge is 0.494 e. The number of halogens is 1. The van der Waals surface area contributed by atoms with E-state index in [9.17, 15) is 18.8 Å². The third kappa shape index (κ3) is 3.97. The highest BCUT2D eigenvalue weighted by Crippen LogP contribution is 2.34. The van der Waals surface area contributed by atoms with Gasteiger partial charge in [0, 0.05) is 49.1 Å². The molecule has 7 nitrogen and oxygen atoms in total. The molecule has 4 rings (SSSR count). The predicted octanol–water partition coefficient (Wildman–Crippen LogP) is 3.13. The zero-order valence-electron chi connectivity index (χ0n) is 17.5. The molecule has 31 heavy (non-hydrogen) atoms. The van der Waals surface area contributed by atoms with Gasteiger partial charge >= 0.3 is 0 Å². The van der Waals surface area contributed by atoms with Crippen LogP contribution in [0.4, 0.5) is 21.5 Å². The van der Waals surface area contributed by atoms with E-state index in [4.69, 9.17) is 4.74 Å². The second kappa shape index (κ2) is 8.37. The summed E-state index contributed by atoms with van der Waals surface area (Å²) in [5, 5.41) is 2.68. The molecule has 1 fully saturated rings. The summed E-state index contributed by atoms with van der Waals surface area (Å²) in [6.45, 7) is 2.73. The van der Waals surface area contributed by atoms with Gasteiger partial charge in [0.15, 0.2) is 11.6 Å². The average molecular weight is 425 g/mol. The summed E-state index contributed by atoms with van der Waals surface area (Å²) in [6, 6.07) is 9.79. The zero-order chi connectivity index (χ0) is 22.1. The van der Waals surface area contributed by atoms with Crippen LogP contribution in [0.15, 0.2) is 36.4 Å². The summed E-state index contributed by atoms with van der Waals surface area (Å²) < 4.78 is 18.7. The van der Waals surface area contributed by atoms with Crippen LogP contribution < -0.4 is 19.9 Å². The van der Waals surface area contributed by atoms with Crippen molar-refractivity contribution in [3.05, 3.63) is 47.8 Å². The van der Waals surface area contributed by atoms with Gasteiger partial charge in [0.25, 0.3) is 0 Å². The maximum absolute atomic E-state index is 13.9. The van der Waals surface area contributed by atoms with E-state index in [1.807, 2.05) is 25.1 Å². The van der Waals surface area contributed by atoms with Crippen LogP contribution in [-0.4, -0.2) is 37.9 Å². The Morgan fingerprint density at radius 3 is 2.74 bits per heavy atom. The second-order valence-electron chi connectivity index (χ2n) is 7.71. The molecule has 3 amide bonds. The van der Waals surface area contributed by atoms with Gasteiger partial charge in [-0.05, 0) is 42.3 Å². The molecule has 2 heterocycles. The highest BCUT2D eigenvalue weighted by atomic mass is 19.1. The Balaban J connectivity index is 1.45. The molecule has 1 saturated heterocycles. The van der Waals surface area contributed by atoms with Crippen LogP contribution in [0.5, 0.6) is 5.75 Å². The van der Waals surface area contributed by atoms with Crippen molar-refractivity contribution in [2.24, 2.45) is 5.92 Å². The Hall–Kier alpha value is -3.42. The van der Waals surface area contributed by atoms with Gasteiger partial charge in [-0.3, -0.25) is 14.4 Å². The van der Waals surface area contributed by atoms with E-state index in [-0.39, 0.29) is 36.4 Å². The maximum Gasteiger partial charge on any atom is 0.229 e. The average Bonchev–Trinajstić information content (AvgIpc) is 3.36. The van der Waals surface area contributed by atoms with Gasteiger partial charge in [-0.1, -0.05) is 6.92 Å². The summed E-state index contributed by atoms with van der Waals surface area (Å²) in [5.41, 5.74) is 2.94. The molecule has 0 radical (unpaired) electrons. The number of amides is 3. The number of ether oxygens (including phenoxy) is 1. The monoisotopic (exact) mass is 425 g/mol. The van der Waals surface area contributed by atoms with Gasteiger partial charge in [0.2, 0.25) is 17.7 Å². The summed E-state index contributed by atoms with van der Waals surface area (Å²) in [7, 11) is 1.37. The molecule has 0 aromatic heterocycles. The number of hydrogen-bond donors (Lipinski definition) is 1. The fourth-order valence-corrected chi connectivity index (χ4v) is 4.13. The Morgan fingerprint density at radius 2 is 2.03 bits per heavy atom. The van der Waals surface area contributed by atoms with Crippen molar-refractivity contribution in [1.29, 1.82) is 0 Å². The minimum atomic E-state index is -0.571. The Bertz CT molecular complexity index is 1060. The molecule has 2 aliphatic rings. The van der Waals surface area contributed by atoms with Crippen molar-refractivity contribution in [3.63, 3.8) is 0 Å². The normalized spacial score (nSPS) is 17.6. The molecule has 162 valence electrons. The first kappa shape index (κ1) is 20.8. The highest BCUT2D eigenvalue weighted by Gasteiger charge is 2.36. The Labute approximate surface area is 179 Å². The summed E-state index contributed by atoms with van der Waals surface area (Å²) >= 11 is 0. The minimum Gasteiger partial charge on any atom is -0.494 e. The molecular weight excluding hydrogens is 401 g/mol. The number of anilines is 3. The fraction of sp³-hybridized carbons (Fsp3) is 0.348. The molecule has 2 aliphatic heterocycles. The number of carbonyl (C=O) groups is 3. The van der Waals surface area contributed by atoms with Crippen molar-refractivity contribution < 1.29 is 23.5 Å². The van der Waals surface area contributed by atoms with Crippen LogP contribution in [0, 0.1) is 11.7 Å². The first-order chi connectivity index (χ1) is 14.9. The lowest BCUT2D eigenvalue weighted by atomic mass is 10.1. The number of rotatable bonds is 5. The number of fused-ring (bicyclic) bond motifs is 1. The van der Waals surface area contributed by atoms with Gasteiger partial charge in [0.1, 0.15) is 0 Å². The molecule has 1 unspecified atom stereocenters. The molecule has 1 N–H and O–H groups in total. The lowest BCUT2D eigenvalue weighted by molar-refractivity contribution is -0.122. The molecular formula is C23H24FN3O4. The standard InChI is InChI=1S/C23H24FN3O4/c1-3-21(28)26-9-8-14-10-17(5-6-19(14)26)27-13-15(11-22(27)29)23(30)25-16-4-7-20(31-2)18(24)12-16/h4-7,10,12,15H,3,8-9,11,13H2,1-2H3,(H,25,30). The fourth-order valence-electron chi connectivity index (χ4n) is 4.13. The van der Waals surface area contributed by atoms with Crippen LogP contribution in [-0.2, 0) is 20.8 Å². The van der Waals surface area contributed by atoms with Crippen LogP contribution >= 0.6 is 0 Å². The van der Waals surface area contributed by atoms with Crippen molar-refractivity contribution >= 4 is 34.8 Å². The number of nitrogens with zero attached hydrogens (tertiary/aromatic N) is 2. The van der Waals surface area contributed by atoms with E-state index >= 15 is 0 Å². The van der Waals surface area contributed by atoms with Crippen LogP contribution in [0.2, 0.25) is 0 Å².